The molecular formula is C13H17Cl2NO2. The van der Waals surface area contributed by atoms with E-state index in [0.29, 0.717) is 22.0 Å². The predicted molar refractivity (Wildman–Crippen MR) is 74.2 cm³/mol. The molecule has 0 aliphatic carbocycles. The zero-order chi connectivity index (χ0) is 13.8. The summed E-state index contributed by atoms with van der Waals surface area (Å²) in [5.74, 6) is -0.998. The van der Waals surface area contributed by atoms with Gasteiger partial charge in [-0.15, -0.1) is 0 Å². The molecule has 0 amide bonds. The summed E-state index contributed by atoms with van der Waals surface area (Å²) < 4.78 is 0. The van der Waals surface area contributed by atoms with E-state index in [1.807, 2.05) is 6.92 Å². The number of hydrogen-bond donors (Lipinski definition) is 2. The molecule has 0 heterocycles. The maximum absolute atomic E-state index is 11.3. The van der Waals surface area contributed by atoms with Crippen LogP contribution in [0, 0.1) is 0 Å². The van der Waals surface area contributed by atoms with E-state index in [-0.39, 0.29) is 6.42 Å². The minimum Gasteiger partial charge on any atom is -0.480 e. The fraction of sp³-hybridized carbons (Fsp3) is 0.462. The van der Waals surface area contributed by atoms with Crippen LogP contribution in [0.3, 0.4) is 0 Å². The van der Waals surface area contributed by atoms with E-state index >= 15 is 0 Å². The predicted octanol–water partition coefficient (Wildman–Crippen LogP) is 3.51. The lowest BCUT2D eigenvalue weighted by molar-refractivity contribution is -0.143. The molecule has 0 fully saturated rings. The van der Waals surface area contributed by atoms with Crippen molar-refractivity contribution in [1.82, 2.24) is 0 Å². The van der Waals surface area contributed by atoms with Gasteiger partial charge in [0.15, 0.2) is 0 Å². The first-order valence-electron chi connectivity index (χ1n) is 5.85. The fourth-order valence-electron chi connectivity index (χ4n) is 1.77. The number of hydrogen-bond acceptors (Lipinski definition) is 2. The van der Waals surface area contributed by atoms with Gasteiger partial charge in [-0.05, 0) is 24.1 Å². The van der Waals surface area contributed by atoms with Crippen molar-refractivity contribution in [3.8, 4) is 0 Å². The summed E-state index contributed by atoms with van der Waals surface area (Å²) in [5.41, 5.74) is 5.41. The maximum Gasteiger partial charge on any atom is 0.324 e. The molecule has 0 spiro atoms. The van der Waals surface area contributed by atoms with Gasteiger partial charge in [-0.1, -0.05) is 49.0 Å². The number of nitrogens with two attached hydrogens (primary N) is 1. The standard InChI is InChI=1S/C13H17Cl2NO2/c1-2-3-6-13(16,12(17)18)8-9-4-5-10(14)7-11(9)15/h4-5,7H,2-3,6,8,16H2,1H3,(H,17,18)/t13-/m1/s1. The van der Waals surface area contributed by atoms with Crippen molar-refractivity contribution in [2.45, 2.75) is 38.1 Å². The van der Waals surface area contributed by atoms with Crippen molar-refractivity contribution in [1.29, 1.82) is 0 Å². The van der Waals surface area contributed by atoms with Gasteiger partial charge in [0, 0.05) is 16.5 Å². The summed E-state index contributed by atoms with van der Waals surface area (Å²) in [7, 11) is 0. The van der Waals surface area contributed by atoms with Crippen LogP contribution in [0.2, 0.25) is 10.0 Å². The number of benzene rings is 1. The summed E-state index contributed by atoms with van der Waals surface area (Å²) in [6.45, 7) is 2.00. The van der Waals surface area contributed by atoms with Crippen molar-refractivity contribution >= 4 is 29.2 Å². The molecule has 0 aliphatic rings. The van der Waals surface area contributed by atoms with E-state index < -0.39 is 11.5 Å². The monoisotopic (exact) mass is 289 g/mol. The number of rotatable bonds is 6. The molecule has 0 radical (unpaired) electrons. The van der Waals surface area contributed by atoms with E-state index in [1.165, 1.54) is 0 Å². The molecule has 1 atom stereocenters. The number of carboxylic acids is 1. The first-order valence-corrected chi connectivity index (χ1v) is 6.61. The lowest BCUT2D eigenvalue weighted by atomic mass is 9.87. The summed E-state index contributed by atoms with van der Waals surface area (Å²) in [6.07, 6.45) is 2.31. The largest absolute Gasteiger partial charge is 0.480 e. The molecule has 0 saturated carbocycles. The van der Waals surface area contributed by atoms with Gasteiger partial charge in [-0.25, -0.2) is 0 Å². The topological polar surface area (TPSA) is 63.3 Å². The molecule has 0 aromatic heterocycles. The molecule has 1 aromatic rings. The van der Waals surface area contributed by atoms with Crippen molar-refractivity contribution in [3.05, 3.63) is 33.8 Å². The zero-order valence-electron chi connectivity index (χ0n) is 10.2. The number of carbonyl (C=O) groups is 1. The molecule has 3 N–H and O–H groups in total. The Morgan fingerprint density at radius 3 is 2.61 bits per heavy atom. The second kappa shape index (κ2) is 6.41. The molecule has 100 valence electrons. The van der Waals surface area contributed by atoms with E-state index in [1.54, 1.807) is 18.2 Å². The van der Waals surface area contributed by atoms with Crippen molar-refractivity contribution in [2.24, 2.45) is 5.73 Å². The Morgan fingerprint density at radius 2 is 2.11 bits per heavy atom. The summed E-state index contributed by atoms with van der Waals surface area (Å²) in [5, 5.41) is 10.2. The Hall–Kier alpha value is -0.770. The first kappa shape index (κ1) is 15.3. The fourth-order valence-corrected chi connectivity index (χ4v) is 2.24. The highest BCUT2D eigenvalue weighted by molar-refractivity contribution is 6.35. The Kier molecular flexibility index (Phi) is 5.45. The van der Waals surface area contributed by atoms with Crippen LogP contribution in [0.5, 0.6) is 0 Å². The summed E-state index contributed by atoms with van der Waals surface area (Å²) in [6, 6.07) is 5.01. The molecular weight excluding hydrogens is 273 g/mol. The molecule has 18 heavy (non-hydrogen) atoms. The van der Waals surface area contributed by atoms with Gasteiger partial charge in [-0.2, -0.15) is 0 Å². The zero-order valence-corrected chi connectivity index (χ0v) is 11.8. The van der Waals surface area contributed by atoms with Crippen molar-refractivity contribution in [3.63, 3.8) is 0 Å². The Bertz CT molecular complexity index is 437. The van der Waals surface area contributed by atoms with E-state index in [4.69, 9.17) is 28.9 Å². The van der Waals surface area contributed by atoms with Gasteiger partial charge < -0.3 is 10.8 Å². The lowest BCUT2D eigenvalue weighted by Gasteiger charge is -2.25. The molecule has 0 aliphatic heterocycles. The smallest absolute Gasteiger partial charge is 0.324 e. The Labute approximate surface area is 117 Å². The first-order chi connectivity index (χ1) is 8.39. The molecule has 5 heteroatoms. The van der Waals surface area contributed by atoms with E-state index in [0.717, 1.165) is 12.8 Å². The third-order valence-electron chi connectivity index (χ3n) is 2.92. The van der Waals surface area contributed by atoms with Gasteiger partial charge >= 0.3 is 5.97 Å². The highest BCUT2D eigenvalue weighted by Gasteiger charge is 2.33. The van der Waals surface area contributed by atoms with Gasteiger partial charge in [-0.3, -0.25) is 4.79 Å². The molecule has 0 unspecified atom stereocenters. The molecule has 0 saturated heterocycles. The highest BCUT2D eigenvalue weighted by atomic mass is 35.5. The van der Waals surface area contributed by atoms with Crippen LogP contribution in [-0.2, 0) is 11.2 Å². The second-order valence-electron chi connectivity index (χ2n) is 4.48. The van der Waals surface area contributed by atoms with E-state index in [9.17, 15) is 9.90 Å². The number of unbranched alkanes of at least 4 members (excludes halogenated alkanes) is 1. The summed E-state index contributed by atoms with van der Waals surface area (Å²) in [4.78, 5) is 11.3. The van der Waals surface area contributed by atoms with Gasteiger partial charge in [0.2, 0.25) is 0 Å². The molecule has 0 bridgehead atoms. The average molecular weight is 290 g/mol. The van der Waals surface area contributed by atoms with Crippen molar-refractivity contribution < 1.29 is 9.90 Å². The van der Waals surface area contributed by atoms with Gasteiger partial charge in [0.1, 0.15) is 5.54 Å². The minimum absolute atomic E-state index is 0.207. The van der Waals surface area contributed by atoms with Crippen LogP contribution < -0.4 is 5.73 Å². The Morgan fingerprint density at radius 1 is 1.44 bits per heavy atom. The normalized spacial score (nSPS) is 14.2. The minimum atomic E-state index is -1.27. The van der Waals surface area contributed by atoms with Crippen molar-refractivity contribution in [2.75, 3.05) is 0 Å². The quantitative estimate of drug-likeness (QED) is 0.842. The average Bonchev–Trinajstić information content (AvgIpc) is 2.30. The van der Waals surface area contributed by atoms with Crippen LogP contribution >= 0.6 is 23.2 Å². The SMILES string of the molecule is CCCC[C@@](N)(Cc1ccc(Cl)cc1Cl)C(=O)O. The Balaban J connectivity index is 2.92. The van der Waals surface area contributed by atoms with E-state index in [2.05, 4.69) is 0 Å². The third-order valence-corrected chi connectivity index (χ3v) is 3.51. The van der Waals surface area contributed by atoms with Gasteiger partial charge in [0.25, 0.3) is 0 Å². The number of aliphatic carboxylic acids is 1. The molecule has 1 rings (SSSR count). The lowest BCUT2D eigenvalue weighted by Crippen LogP contribution is -2.49. The van der Waals surface area contributed by atoms with Crippen LogP contribution in [-0.4, -0.2) is 16.6 Å². The van der Waals surface area contributed by atoms with Crippen LogP contribution in [0.4, 0.5) is 0 Å². The number of halogens is 2. The summed E-state index contributed by atoms with van der Waals surface area (Å²) >= 11 is 11.8. The highest BCUT2D eigenvalue weighted by Crippen LogP contribution is 2.26. The molecule has 3 nitrogen and oxygen atoms in total. The third kappa shape index (κ3) is 3.87. The maximum atomic E-state index is 11.3. The van der Waals surface area contributed by atoms with Gasteiger partial charge in [0.05, 0.1) is 0 Å². The van der Waals surface area contributed by atoms with Crippen LogP contribution in [0.1, 0.15) is 31.7 Å². The van der Waals surface area contributed by atoms with Crippen LogP contribution in [0.15, 0.2) is 18.2 Å². The number of carboxylic acid groups (broad SMARTS) is 1. The molecule has 1 aromatic carbocycles. The second-order valence-corrected chi connectivity index (χ2v) is 5.32. The van der Waals surface area contributed by atoms with Crippen LogP contribution in [0.25, 0.3) is 0 Å².